The fraction of sp³-hybridized carbons (Fsp3) is 0.583. The molecule has 7 nitrogen and oxygen atoms in total. The van der Waals surface area contributed by atoms with Crippen LogP contribution in [0, 0.1) is 0 Å². The molecule has 0 aromatic carbocycles. The molecule has 0 aliphatic heterocycles. The molecule has 0 bridgehead atoms. The zero-order valence-electron chi connectivity index (χ0n) is 11.7. The number of carbonyl (C=O) groups excluding carboxylic acids is 1. The number of rotatable bonds is 6. The average molecular weight is 268 g/mol. The third-order valence-corrected chi connectivity index (χ3v) is 2.81. The molecular formula is C12H20N4O3. The highest BCUT2D eigenvalue weighted by Crippen LogP contribution is 2.15. The fourth-order valence-corrected chi connectivity index (χ4v) is 1.76. The molecule has 0 spiro atoms. The lowest BCUT2D eigenvalue weighted by molar-refractivity contribution is -0.131. The zero-order valence-corrected chi connectivity index (χ0v) is 11.7. The standard InChI is InChI=1S/C12H20N4O3/c1-5-16(6-2)12(18)8(3)15-10-9(19-4)11(17)14-7-13-10/h7-8H,5-6H2,1-4H3,(H2,13,14,15,17). The molecule has 1 heterocycles. The maximum atomic E-state index is 12.1. The molecule has 1 rings (SSSR count). The molecule has 1 atom stereocenters. The number of anilines is 1. The van der Waals surface area contributed by atoms with Gasteiger partial charge in [0.1, 0.15) is 6.04 Å². The molecular weight excluding hydrogens is 248 g/mol. The number of carbonyl (C=O) groups is 1. The van der Waals surface area contributed by atoms with Crippen LogP contribution in [0.3, 0.4) is 0 Å². The average Bonchev–Trinajstić information content (AvgIpc) is 2.40. The normalized spacial score (nSPS) is 11.8. The quantitative estimate of drug-likeness (QED) is 0.782. The molecule has 19 heavy (non-hydrogen) atoms. The molecule has 1 aromatic rings. The molecule has 1 aromatic heterocycles. The molecule has 2 N–H and O–H groups in total. The van der Waals surface area contributed by atoms with Crippen LogP contribution in [0.5, 0.6) is 5.75 Å². The fourth-order valence-electron chi connectivity index (χ4n) is 1.76. The van der Waals surface area contributed by atoms with Crippen molar-refractivity contribution in [2.24, 2.45) is 0 Å². The van der Waals surface area contributed by atoms with Crippen molar-refractivity contribution < 1.29 is 9.53 Å². The lowest BCUT2D eigenvalue weighted by Gasteiger charge is -2.23. The van der Waals surface area contributed by atoms with Gasteiger partial charge in [-0.25, -0.2) is 4.98 Å². The van der Waals surface area contributed by atoms with E-state index < -0.39 is 6.04 Å². The minimum absolute atomic E-state index is 0.0471. The molecule has 0 aliphatic carbocycles. The topological polar surface area (TPSA) is 87.3 Å². The summed E-state index contributed by atoms with van der Waals surface area (Å²) in [6, 6.07) is -0.483. The summed E-state index contributed by atoms with van der Waals surface area (Å²) in [6.07, 6.45) is 1.27. The third-order valence-electron chi connectivity index (χ3n) is 2.81. The van der Waals surface area contributed by atoms with E-state index in [2.05, 4.69) is 15.3 Å². The van der Waals surface area contributed by atoms with E-state index in [9.17, 15) is 9.59 Å². The van der Waals surface area contributed by atoms with Gasteiger partial charge in [0.05, 0.1) is 13.4 Å². The predicted molar refractivity (Wildman–Crippen MR) is 72.4 cm³/mol. The highest BCUT2D eigenvalue weighted by atomic mass is 16.5. The molecule has 7 heteroatoms. The summed E-state index contributed by atoms with van der Waals surface area (Å²) in [7, 11) is 1.38. The Morgan fingerprint density at radius 2 is 2.16 bits per heavy atom. The van der Waals surface area contributed by atoms with E-state index >= 15 is 0 Å². The zero-order chi connectivity index (χ0) is 14.4. The summed E-state index contributed by atoms with van der Waals surface area (Å²) in [5.74, 6) is 0.287. The van der Waals surface area contributed by atoms with Crippen LogP contribution in [0.1, 0.15) is 20.8 Å². The van der Waals surface area contributed by atoms with Gasteiger partial charge in [-0.05, 0) is 20.8 Å². The molecule has 106 valence electrons. The summed E-state index contributed by atoms with van der Waals surface area (Å²) in [6.45, 7) is 6.84. The number of nitrogens with one attached hydrogen (secondary N) is 2. The highest BCUT2D eigenvalue weighted by molar-refractivity contribution is 5.84. The lowest BCUT2D eigenvalue weighted by Crippen LogP contribution is -2.41. The van der Waals surface area contributed by atoms with E-state index in [-0.39, 0.29) is 23.0 Å². The molecule has 1 unspecified atom stereocenters. The van der Waals surface area contributed by atoms with E-state index in [4.69, 9.17) is 4.74 Å². The van der Waals surface area contributed by atoms with Crippen LogP contribution in [0.4, 0.5) is 5.82 Å². The minimum atomic E-state index is -0.483. The number of aromatic nitrogens is 2. The van der Waals surface area contributed by atoms with Gasteiger partial charge in [0.25, 0.3) is 5.56 Å². The first-order valence-corrected chi connectivity index (χ1v) is 6.22. The summed E-state index contributed by atoms with van der Waals surface area (Å²) < 4.78 is 4.98. The van der Waals surface area contributed by atoms with Crippen molar-refractivity contribution in [2.75, 3.05) is 25.5 Å². The van der Waals surface area contributed by atoms with Crippen molar-refractivity contribution >= 4 is 11.7 Å². The summed E-state index contributed by atoms with van der Waals surface area (Å²) in [4.78, 5) is 31.7. The Morgan fingerprint density at radius 3 is 2.68 bits per heavy atom. The largest absolute Gasteiger partial charge is 0.489 e. The smallest absolute Gasteiger partial charge is 0.295 e. The van der Waals surface area contributed by atoms with E-state index in [1.807, 2.05) is 13.8 Å². The van der Waals surface area contributed by atoms with Gasteiger partial charge in [-0.15, -0.1) is 0 Å². The number of methoxy groups -OCH3 is 1. The number of likely N-dealkylation sites (N-methyl/N-ethyl adjacent to an activating group) is 1. The van der Waals surface area contributed by atoms with Crippen molar-refractivity contribution in [1.29, 1.82) is 0 Å². The van der Waals surface area contributed by atoms with Crippen LogP contribution < -0.4 is 15.6 Å². The van der Waals surface area contributed by atoms with Crippen molar-refractivity contribution in [3.05, 3.63) is 16.7 Å². The lowest BCUT2D eigenvalue weighted by atomic mass is 10.2. The maximum absolute atomic E-state index is 12.1. The van der Waals surface area contributed by atoms with E-state index in [0.29, 0.717) is 13.1 Å². The first-order valence-electron chi connectivity index (χ1n) is 6.22. The van der Waals surface area contributed by atoms with Gasteiger partial charge in [-0.1, -0.05) is 0 Å². The minimum Gasteiger partial charge on any atom is -0.489 e. The second-order valence-corrected chi connectivity index (χ2v) is 3.99. The Hall–Kier alpha value is -2.05. The van der Waals surface area contributed by atoms with E-state index in [1.165, 1.54) is 13.4 Å². The van der Waals surface area contributed by atoms with Gasteiger partial charge in [-0.3, -0.25) is 9.59 Å². The molecule has 0 radical (unpaired) electrons. The molecule has 0 saturated heterocycles. The van der Waals surface area contributed by atoms with Crippen LogP contribution >= 0.6 is 0 Å². The van der Waals surface area contributed by atoms with Crippen molar-refractivity contribution in [1.82, 2.24) is 14.9 Å². The second kappa shape index (κ2) is 6.77. The van der Waals surface area contributed by atoms with E-state index in [0.717, 1.165) is 0 Å². The Kier molecular flexibility index (Phi) is 5.35. The Labute approximate surface area is 112 Å². The Balaban J connectivity index is 2.88. The molecule has 0 fully saturated rings. The Morgan fingerprint density at radius 1 is 1.53 bits per heavy atom. The third kappa shape index (κ3) is 3.46. The summed E-state index contributed by atoms with van der Waals surface area (Å²) >= 11 is 0. The number of hydrogen-bond acceptors (Lipinski definition) is 5. The van der Waals surface area contributed by atoms with Crippen LogP contribution in [-0.2, 0) is 4.79 Å². The van der Waals surface area contributed by atoms with Gasteiger partial charge in [0.2, 0.25) is 11.7 Å². The van der Waals surface area contributed by atoms with Crippen molar-refractivity contribution in [3.8, 4) is 5.75 Å². The number of nitrogens with zero attached hydrogens (tertiary/aromatic N) is 2. The molecule has 0 aliphatic rings. The first kappa shape index (κ1) is 15.0. The van der Waals surface area contributed by atoms with Gasteiger partial charge >= 0.3 is 0 Å². The van der Waals surface area contributed by atoms with Gasteiger partial charge < -0.3 is 19.9 Å². The number of hydrogen-bond donors (Lipinski definition) is 2. The van der Waals surface area contributed by atoms with Crippen molar-refractivity contribution in [2.45, 2.75) is 26.8 Å². The summed E-state index contributed by atoms with van der Waals surface area (Å²) in [5.41, 5.74) is -0.387. The number of H-pyrrole nitrogens is 1. The number of ether oxygens (including phenoxy) is 1. The predicted octanol–water partition coefficient (Wildman–Crippen LogP) is 0.447. The molecule has 1 amide bonds. The van der Waals surface area contributed by atoms with Crippen LogP contribution in [-0.4, -0.2) is 47.0 Å². The van der Waals surface area contributed by atoms with Crippen LogP contribution in [0.15, 0.2) is 11.1 Å². The van der Waals surface area contributed by atoms with Crippen LogP contribution in [0.2, 0.25) is 0 Å². The van der Waals surface area contributed by atoms with Crippen molar-refractivity contribution in [3.63, 3.8) is 0 Å². The Bertz CT molecular complexity index is 482. The first-order chi connectivity index (χ1) is 9.04. The van der Waals surface area contributed by atoms with E-state index in [1.54, 1.807) is 11.8 Å². The maximum Gasteiger partial charge on any atom is 0.295 e. The van der Waals surface area contributed by atoms with Crippen LogP contribution in [0.25, 0.3) is 0 Å². The van der Waals surface area contributed by atoms with Gasteiger partial charge in [0, 0.05) is 13.1 Å². The number of amides is 1. The SMILES string of the molecule is CCN(CC)C(=O)C(C)Nc1nc[nH]c(=O)c1OC. The van der Waals surface area contributed by atoms with Gasteiger partial charge in [0.15, 0.2) is 5.82 Å². The molecule has 0 saturated carbocycles. The summed E-state index contributed by atoms with van der Waals surface area (Å²) in [5, 5.41) is 2.90. The monoisotopic (exact) mass is 268 g/mol. The number of aromatic amines is 1. The highest BCUT2D eigenvalue weighted by Gasteiger charge is 2.20. The second-order valence-electron chi connectivity index (χ2n) is 3.99. The van der Waals surface area contributed by atoms with Gasteiger partial charge in [-0.2, -0.15) is 0 Å².